The number of aryl methyl sites for hydroxylation is 1. The van der Waals surface area contributed by atoms with Crippen molar-refractivity contribution in [3.63, 3.8) is 0 Å². The Morgan fingerprint density at radius 1 is 0.636 bits per heavy atom. The zero-order chi connectivity index (χ0) is 32.0. The lowest BCUT2D eigenvalue weighted by molar-refractivity contribution is 0.307. The Morgan fingerprint density at radius 3 is 1.91 bits per heavy atom. The van der Waals surface area contributed by atoms with E-state index in [2.05, 4.69) is 244 Å². The number of hydrogen-bond donors (Lipinski definition) is 0. The number of benzene rings is 4. The molecule has 0 N–H and O–H groups in total. The van der Waals surface area contributed by atoms with Gasteiger partial charge in [0.05, 0.1) is 4.18 Å². The van der Waals surface area contributed by atoms with Crippen molar-refractivity contribution < 1.29 is 4.74 Å². The molecule has 4 rings (SSSR count). The van der Waals surface area contributed by atoms with Crippen molar-refractivity contribution in [3.05, 3.63) is 131 Å². The van der Waals surface area contributed by atoms with Crippen LogP contribution in [0.4, 0.5) is 0 Å². The zero-order valence-corrected chi connectivity index (χ0v) is 37.2. The first kappa shape index (κ1) is 37.5. The van der Waals surface area contributed by atoms with E-state index in [0.717, 1.165) is 37.9 Å². The molecule has 0 aromatic heterocycles. The van der Waals surface area contributed by atoms with E-state index in [4.69, 9.17) is 4.74 Å². The first-order chi connectivity index (χ1) is 20.6. The molecule has 1 unspecified atom stereocenters. The minimum atomic E-state index is -0.324. The summed E-state index contributed by atoms with van der Waals surface area (Å²) >= 11 is 14.4. The molecular formula is C37H39I5OS. The Bertz CT molecular complexity index is 1440. The molecule has 7 heteroatoms. The number of hydrogen-bond acceptors (Lipinski definition) is 2. The molecule has 1 nitrogen and oxygen atoms in total. The lowest BCUT2D eigenvalue weighted by Crippen LogP contribution is -2.31. The van der Waals surface area contributed by atoms with Gasteiger partial charge in [0.2, 0.25) is 1.61 Å². The van der Waals surface area contributed by atoms with Gasteiger partial charge in [0, 0.05) is 10.3 Å². The molecule has 0 aliphatic heterocycles. The minimum absolute atomic E-state index is 0.142. The smallest absolute Gasteiger partial charge is 0.206 e. The molecule has 0 aliphatic carbocycles. The van der Waals surface area contributed by atoms with Crippen molar-refractivity contribution in [3.8, 4) is 5.75 Å². The highest BCUT2D eigenvalue weighted by Gasteiger charge is 2.35. The number of ether oxygens (including phenoxy) is 1. The largest absolute Gasteiger partial charge is 0.468 e. The lowest BCUT2D eigenvalue weighted by Gasteiger charge is -2.37. The average molecular weight is 1170 g/mol. The summed E-state index contributed by atoms with van der Waals surface area (Å²) in [5.74, 6) is 0.917. The standard InChI is InChI=1S/C37H39I5OS/c1-34(2,38)44-33-21-9-8-16-29(33)17-12-22-37(26-27-13-6-5-7-14-27,30-18-10-15-28(23-30)25-35(3,39)40)31-19-11-20-32(24-31)43-36(4,41)42/h5-11,13-16,18-21,23-24H,12,17,22,25-26H2,1-4H3. The van der Waals surface area contributed by atoms with Gasteiger partial charge in [0.1, 0.15) is 5.75 Å². The summed E-state index contributed by atoms with van der Waals surface area (Å²) in [6.45, 7) is 8.97. The lowest BCUT2D eigenvalue weighted by atomic mass is 9.67. The normalized spacial score (nSPS) is 13.8. The van der Waals surface area contributed by atoms with Gasteiger partial charge in [-0.1, -0.05) is 153 Å². The third-order valence-electron chi connectivity index (χ3n) is 7.40. The van der Waals surface area contributed by atoms with Crippen LogP contribution in [0.5, 0.6) is 5.75 Å². The van der Waals surface area contributed by atoms with Crippen molar-refractivity contribution in [2.45, 2.75) is 75.9 Å². The molecule has 0 fully saturated rings. The minimum Gasteiger partial charge on any atom is -0.468 e. The maximum Gasteiger partial charge on any atom is 0.206 e. The third kappa shape index (κ3) is 12.0. The van der Waals surface area contributed by atoms with E-state index in [1.54, 1.807) is 0 Å². The van der Waals surface area contributed by atoms with Gasteiger partial charge < -0.3 is 4.74 Å². The summed E-state index contributed by atoms with van der Waals surface area (Å²) < 4.78 is 6.39. The van der Waals surface area contributed by atoms with Crippen LogP contribution < -0.4 is 4.74 Å². The Morgan fingerprint density at radius 2 is 1.25 bits per heavy atom. The van der Waals surface area contributed by atoms with E-state index >= 15 is 0 Å². The number of rotatable bonds is 14. The van der Waals surface area contributed by atoms with Gasteiger partial charge in [-0.15, -0.1) is 11.8 Å². The fourth-order valence-corrected chi connectivity index (χ4v) is 8.82. The van der Waals surface area contributed by atoms with Crippen LogP contribution in [0.2, 0.25) is 0 Å². The van der Waals surface area contributed by atoms with Gasteiger partial charge in [-0.3, -0.25) is 0 Å². The molecule has 1 atom stereocenters. The van der Waals surface area contributed by atoms with E-state index in [1.807, 2.05) is 11.8 Å². The van der Waals surface area contributed by atoms with Crippen LogP contribution in [0.1, 0.15) is 68.4 Å². The van der Waals surface area contributed by atoms with Crippen LogP contribution in [0.25, 0.3) is 0 Å². The molecule has 0 amide bonds. The van der Waals surface area contributed by atoms with Crippen molar-refractivity contribution in [2.24, 2.45) is 0 Å². The van der Waals surface area contributed by atoms with Gasteiger partial charge in [0.15, 0.2) is 0 Å². The summed E-state index contributed by atoms with van der Waals surface area (Å²) in [7, 11) is 0. The zero-order valence-electron chi connectivity index (χ0n) is 25.6. The molecule has 0 heterocycles. The highest BCUT2D eigenvalue weighted by Crippen LogP contribution is 2.44. The van der Waals surface area contributed by atoms with Crippen LogP contribution in [-0.4, -0.2) is 5.80 Å². The summed E-state index contributed by atoms with van der Waals surface area (Å²) in [6, 6.07) is 38.3. The SMILES string of the molecule is CC(I)(I)Cc1cccc(C(CCCc2ccccc2SC(C)(C)I)(Cc2ccccc2)c2cccc(OC(C)(I)I)c2)c1. The van der Waals surface area contributed by atoms with Crippen LogP contribution in [0.15, 0.2) is 108 Å². The quantitative estimate of drug-likeness (QED) is 0.0707. The van der Waals surface area contributed by atoms with E-state index in [-0.39, 0.29) is 11.2 Å². The highest BCUT2D eigenvalue weighted by atomic mass is 127. The van der Waals surface area contributed by atoms with Crippen molar-refractivity contribution in [2.75, 3.05) is 0 Å². The van der Waals surface area contributed by atoms with Crippen molar-refractivity contribution in [1.29, 1.82) is 0 Å². The molecule has 234 valence electrons. The second kappa shape index (κ2) is 16.4. The molecule has 0 saturated heterocycles. The average Bonchev–Trinajstić information content (AvgIpc) is 2.91. The topological polar surface area (TPSA) is 9.23 Å². The fraction of sp³-hybridized carbons (Fsp3) is 0.351. The summed E-state index contributed by atoms with van der Waals surface area (Å²) in [5, 5.41) is 0. The molecule has 0 bridgehead atoms. The maximum absolute atomic E-state index is 6.42. The first-order valence-corrected chi connectivity index (χ1v) is 21.0. The Balaban J connectivity index is 1.83. The predicted octanol–water partition coefficient (Wildman–Crippen LogP) is 13.6. The Labute approximate surface area is 337 Å². The second-order valence-electron chi connectivity index (χ2n) is 12.1. The van der Waals surface area contributed by atoms with Crippen LogP contribution in [0, 0.1) is 0 Å². The molecule has 0 aliphatic rings. The predicted molar refractivity (Wildman–Crippen MR) is 234 cm³/mol. The third-order valence-corrected chi connectivity index (χ3v) is 10.4. The summed E-state index contributed by atoms with van der Waals surface area (Å²) in [4.78, 5) is 1.39. The van der Waals surface area contributed by atoms with Crippen LogP contribution in [-0.2, 0) is 24.7 Å². The number of thioether (sulfide) groups is 1. The van der Waals surface area contributed by atoms with Gasteiger partial charge in [0.25, 0.3) is 0 Å². The molecular weight excluding hydrogens is 1130 g/mol. The van der Waals surface area contributed by atoms with Gasteiger partial charge in [-0.25, -0.2) is 0 Å². The number of halogens is 5. The van der Waals surface area contributed by atoms with E-state index in [0.29, 0.717) is 0 Å². The molecule has 44 heavy (non-hydrogen) atoms. The van der Waals surface area contributed by atoms with Crippen molar-refractivity contribution >= 4 is 125 Å². The van der Waals surface area contributed by atoms with Crippen LogP contribution in [0.3, 0.4) is 0 Å². The summed E-state index contributed by atoms with van der Waals surface area (Å²) in [5.41, 5.74) is 6.66. The van der Waals surface area contributed by atoms with E-state index in [1.165, 1.54) is 32.7 Å². The van der Waals surface area contributed by atoms with Gasteiger partial charge in [-0.05, 0) is 151 Å². The van der Waals surface area contributed by atoms with E-state index < -0.39 is 0 Å². The molecule has 4 aromatic rings. The highest BCUT2D eigenvalue weighted by molar-refractivity contribution is 14.2. The molecule has 4 aromatic carbocycles. The number of alkyl halides is 5. The second-order valence-corrected chi connectivity index (χ2v) is 30.2. The molecule has 0 radical (unpaired) electrons. The van der Waals surface area contributed by atoms with E-state index in [9.17, 15) is 0 Å². The Hall–Kier alpha value is 0.680. The fourth-order valence-electron chi connectivity index (χ4n) is 5.75. The Kier molecular flexibility index (Phi) is 14.0. The maximum atomic E-state index is 6.42. The van der Waals surface area contributed by atoms with Crippen molar-refractivity contribution in [1.82, 2.24) is 0 Å². The molecule has 0 spiro atoms. The van der Waals surface area contributed by atoms with Crippen LogP contribution >= 0.6 is 125 Å². The molecule has 0 saturated carbocycles. The van der Waals surface area contributed by atoms with Gasteiger partial charge in [-0.2, -0.15) is 0 Å². The summed E-state index contributed by atoms with van der Waals surface area (Å²) in [6.07, 6.45) is 5.09. The first-order valence-electron chi connectivity index (χ1n) is 14.8. The monoisotopic (exact) mass is 1170 g/mol. The van der Waals surface area contributed by atoms with Gasteiger partial charge >= 0.3 is 0 Å².